The molecule has 170 valence electrons. The number of hydrogen-bond donors (Lipinski definition) is 0. The fraction of sp³-hybridized carbons (Fsp3) is 0.440. The molecule has 0 unspecified atom stereocenters. The first kappa shape index (κ1) is 23.6. The molecule has 32 heavy (non-hydrogen) atoms. The van der Waals surface area contributed by atoms with E-state index in [2.05, 4.69) is 34.3 Å². The summed E-state index contributed by atoms with van der Waals surface area (Å²) in [4.78, 5) is 14.2. The molecule has 2 aromatic rings. The number of benzene rings is 2. The number of hydrazine groups is 1. The van der Waals surface area contributed by atoms with E-state index in [-0.39, 0.29) is 5.91 Å². The third-order valence-corrected chi connectivity index (χ3v) is 8.89. The number of carbonyl (C=O) groups excluding carboxylic acids is 1. The van der Waals surface area contributed by atoms with E-state index in [4.69, 9.17) is 12.2 Å². The number of thioether (sulfide) groups is 1. The van der Waals surface area contributed by atoms with Gasteiger partial charge in [-0.25, -0.2) is 5.01 Å². The maximum atomic E-state index is 14.2. The van der Waals surface area contributed by atoms with Gasteiger partial charge in [0, 0.05) is 37.8 Å². The lowest BCUT2D eigenvalue weighted by atomic mass is 9.75. The van der Waals surface area contributed by atoms with Gasteiger partial charge in [-0.05, 0) is 36.2 Å². The maximum absolute atomic E-state index is 14.2. The minimum atomic E-state index is -0.707. The summed E-state index contributed by atoms with van der Waals surface area (Å²) in [7, 11) is 4.10. The van der Waals surface area contributed by atoms with Crippen LogP contribution in [-0.2, 0) is 10.2 Å². The third-order valence-electron chi connectivity index (χ3n) is 6.38. The van der Waals surface area contributed by atoms with Crippen LogP contribution in [0.3, 0.4) is 0 Å². The summed E-state index contributed by atoms with van der Waals surface area (Å²) in [6.45, 7) is 0. The Kier molecular flexibility index (Phi) is 7.82. The molecule has 2 aliphatic rings. The molecule has 1 aliphatic heterocycles. The van der Waals surface area contributed by atoms with E-state index in [1.165, 1.54) is 31.2 Å². The molecule has 4 rings (SSSR count). The molecule has 0 aromatic heterocycles. The van der Waals surface area contributed by atoms with Crippen LogP contribution >= 0.6 is 35.9 Å². The molecule has 1 saturated carbocycles. The highest BCUT2D eigenvalue weighted by atomic mass is 32.2. The van der Waals surface area contributed by atoms with Crippen molar-refractivity contribution in [2.75, 3.05) is 25.7 Å². The average molecular weight is 486 g/mol. The standard InChI is InChI=1S/C25H31N3OS3/c1-26(2)28(22-16-10-5-11-17-22)24(30)32-27-19-31-18-25(23(27)29,20-12-6-3-7-13-20)21-14-8-4-9-15-21/h3-4,6-9,12-15,22H,5,10-11,16-19H2,1-2H3. The largest absolute Gasteiger partial charge is 0.286 e. The van der Waals surface area contributed by atoms with Crippen LogP contribution in [-0.4, -0.2) is 56.3 Å². The number of amides is 1. The second-order valence-corrected chi connectivity index (χ2v) is 11.2. The van der Waals surface area contributed by atoms with Crippen molar-refractivity contribution in [2.24, 2.45) is 0 Å². The predicted molar refractivity (Wildman–Crippen MR) is 140 cm³/mol. The molecule has 1 saturated heterocycles. The van der Waals surface area contributed by atoms with Gasteiger partial charge in [0.25, 0.3) is 0 Å². The fourth-order valence-electron chi connectivity index (χ4n) is 4.81. The highest BCUT2D eigenvalue weighted by Crippen LogP contribution is 2.43. The summed E-state index contributed by atoms with van der Waals surface area (Å²) in [5.74, 6) is 1.48. The number of rotatable bonds is 5. The fourth-order valence-corrected chi connectivity index (χ4v) is 7.79. The van der Waals surface area contributed by atoms with Gasteiger partial charge in [0.1, 0.15) is 5.41 Å². The molecule has 0 bridgehead atoms. The lowest BCUT2D eigenvalue weighted by Gasteiger charge is -2.44. The van der Waals surface area contributed by atoms with E-state index >= 15 is 0 Å². The topological polar surface area (TPSA) is 26.8 Å². The van der Waals surface area contributed by atoms with E-state index in [0.29, 0.717) is 11.9 Å². The Balaban J connectivity index is 1.63. The normalized spacial score (nSPS) is 19.2. The zero-order chi connectivity index (χ0) is 22.6. The summed E-state index contributed by atoms with van der Waals surface area (Å²) in [5.41, 5.74) is 1.37. The van der Waals surface area contributed by atoms with Gasteiger partial charge in [-0.1, -0.05) is 79.9 Å². The van der Waals surface area contributed by atoms with Crippen molar-refractivity contribution in [3.8, 4) is 0 Å². The minimum Gasteiger partial charge on any atom is -0.286 e. The van der Waals surface area contributed by atoms with Crippen molar-refractivity contribution >= 4 is 46.2 Å². The Morgan fingerprint density at radius 2 is 1.56 bits per heavy atom. The van der Waals surface area contributed by atoms with Crippen LogP contribution in [0.2, 0.25) is 0 Å². The van der Waals surface area contributed by atoms with E-state index in [1.54, 1.807) is 11.8 Å². The highest BCUT2D eigenvalue weighted by Gasteiger charge is 2.48. The van der Waals surface area contributed by atoms with Gasteiger partial charge in [0.05, 0.1) is 5.88 Å². The van der Waals surface area contributed by atoms with Crippen molar-refractivity contribution in [2.45, 2.75) is 43.6 Å². The van der Waals surface area contributed by atoms with E-state index in [9.17, 15) is 4.79 Å². The Labute approximate surface area is 205 Å². The molecular weight excluding hydrogens is 454 g/mol. The lowest BCUT2D eigenvalue weighted by molar-refractivity contribution is -0.129. The average Bonchev–Trinajstić information content (AvgIpc) is 2.82. The lowest BCUT2D eigenvalue weighted by Crippen LogP contribution is -2.53. The Bertz CT molecular complexity index is 877. The summed E-state index contributed by atoms with van der Waals surface area (Å²) >= 11 is 9.14. The summed E-state index contributed by atoms with van der Waals surface area (Å²) in [6.07, 6.45) is 6.09. The van der Waals surface area contributed by atoms with Crippen LogP contribution in [0.5, 0.6) is 0 Å². The molecule has 2 aromatic carbocycles. The van der Waals surface area contributed by atoms with E-state index < -0.39 is 5.41 Å². The van der Waals surface area contributed by atoms with Crippen LogP contribution < -0.4 is 0 Å². The first-order valence-corrected chi connectivity index (χ1v) is 13.6. The first-order chi connectivity index (χ1) is 15.5. The summed E-state index contributed by atoms with van der Waals surface area (Å²) in [6, 6.07) is 20.8. The van der Waals surface area contributed by atoms with Gasteiger partial charge < -0.3 is 0 Å². The van der Waals surface area contributed by atoms with Crippen molar-refractivity contribution < 1.29 is 4.79 Å². The SMILES string of the molecule is CN(C)N(C(=S)SN1CSCC(c2ccccc2)(c2ccccc2)C1=O)C1CCCCC1. The number of nitrogens with zero attached hydrogens (tertiary/aromatic N) is 3. The minimum absolute atomic E-state index is 0.114. The first-order valence-electron chi connectivity index (χ1n) is 11.2. The van der Waals surface area contributed by atoms with Gasteiger partial charge in [-0.15, -0.1) is 11.8 Å². The van der Waals surface area contributed by atoms with Gasteiger partial charge in [0.2, 0.25) is 5.91 Å². The molecule has 0 N–H and O–H groups in total. The smallest absolute Gasteiger partial charge is 0.249 e. The van der Waals surface area contributed by atoms with E-state index in [0.717, 1.165) is 34.0 Å². The molecule has 2 fully saturated rings. The number of carbonyl (C=O) groups is 1. The predicted octanol–water partition coefficient (Wildman–Crippen LogP) is 5.55. The Morgan fingerprint density at radius 3 is 2.09 bits per heavy atom. The van der Waals surface area contributed by atoms with Gasteiger partial charge in [-0.3, -0.25) is 14.1 Å². The third kappa shape index (κ3) is 4.72. The Morgan fingerprint density at radius 1 is 1.00 bits per heavy atom. The number of hydrogen-bond acceptors (Lipinski definition) is 5. The van der Waals surface area contributed by atoms with Crippen LogP contribution in [0, 0.1) is 0 Å². The van der Waals surface area contributed by atoms with Crippen molar-refractivity contribution in [3.63, 3.8) is 0 Å². The van der Waals surface area contributed by atoms with E-state index in [1.807, 2.05) is 54.8 Å². The molecule has 0 atom stereocenters. The van der Waals surface area contributed by atoms with Gasteiger partial charge >= 0.3 is 0 Å². The molecule has 4 nitrogen and oxygen atoms in total. The highest BCUT2D eigenvalue weighted by molar-refractivity contribution is 8.22. The molecule has 0 radical (unpaired) electrons. The second-order valence-electron chi connectivity index (χ2n) is 8.64. The van der Waals surface area contributed by atoms with Crippen molar-refractivity contribution in [1.29, 1.82) is 0 Å². The molecule has 1 aliphatic carbocycles. The molecule has 0 spiro atoms. The second kappa shape index (κ2) is 10.6. The Hall–Kier alpha value is -1.54. The van der Waals surface area contributed by atoms with Crippen LogP contribution in [0.15, 0.2) is 60.7 Å². The summed E-state index contributed by atoms with van der Waals surface area (Å²) < 4.78 is 2.64. The van der Waals surface area contributed by atoms with Crippen LogP contribution in [0.1, 0.15) is 43.2 Å². The van der Waals surface area contributed by atoms with Crippen LogP contribution in [0.25, 0.3) is 0 Å². The van der Waals surface area contributed by atoms with Crippen molar-refractivity contribution in [3.05, 3.63) is 71.8 Å². The molecular formula is C25H31N3OS3. The maximum Gasteiger partial charge on any atom is 0.249 e. The van der Waals surface area contributed by atoms with Crippen LogP contribution in [0.4, 0.5) is 0 Å². The molecule has 7 heteroatoms. The zero-order valence-corrected chi connectivity index (χ0v) is 21.2. The van der Waals surface area contributed by atoms with Gasteiger partial charge in [0.15, 0.2) is 4.32 Å². The molecule has 1 amide bonds. The number of thiocarbonyl (C=S) groups is 1. The quantitative estimate of drug-likeness (QED) is 0.313. The zero-order valence-electron chi connectivity index (χ0n) is 18.8. The van der Waals surface area contributed by atoms with Crippen molar-refractivity contribution in [1.82, 2.24) is 14.3 Å². The summed E-state index contributed by atoms with van der Waals surface area (Å²) in [5, 5.41) is 4.31. The molecule has 1 heterocycles. The van der Waals surface area contributed by atoms with Gasteiger partial charge in [-0.2, -0.15) is 0 Å². The monoisotopic (exact) mass is 485 g/mol.